The average molecular weight is 433 g/mol. The number of nitrogens with zero attached hydrogens (tertiary/aromatic N) is 4. The molecule has 1 aromatic carbocycles. The van der Waals surface area contributed by atoms with Crippen LogP contribution in [0.3, 0.4) is 0 Å². The molecule has 1 unspecified atom stereocenters. The summed E-state index contributed by atoms with van der Waals surface area (Å²) in [6, 6.07) is 7.49. The smallest absolute Gasteiger partial charge is 0.162 e. The minimum Gasteiger partial charge on any atom is -0.507 e. The Bertz CT molecular complexity index is 1040. The highest BCUT2D eigenvalue weighted by Gasteiger charge is 2.49. The average Bonchev–Trinajstić information content (AvgIpc) is 3.31. The molecule has 2 aromatic heterocycles. The Kier molecular flexibility index (Phi) is 5.26. The first-order valence-electron chi connectivity index (χ1n) is 9.98. The number of phenols is 1. The Balaban J connectivity index is 0.00000205. The Morgan fingerprint density at radius 2 is 2.03 bits per heavy atom. The van der Waals surface area contributed by atoms with Crippen LogP contribution in [-0.4, -0.2) is 43.9 Å². The van der Waals surface area contributed by atoms with E-state index in [2.05, 4.69) is 39.0 Å². The SMILES string of the molecule is Cc1cc(Cl)cc(O)c1-c1cc2ccn(CC3CCN(C)C4(CC4)C3)c2nn1.Cl. The van der Waals surface area contributed by atoms with E-state index in [0.29, 0.717) is 27.7 Å². The van der Waals surface area contributed by atoms with Crippen LogP contribution in [0.1, 0.15) is 31.2 Å². The third-order valence-electron chi connectivity index (χ3n) is 6.68. The number of aromatic nitrogens is 3. The van der Waals surface area contributed by atoms with Gasteiger partial charge in [0.25, 0.3) is 0 Å². The minimum absolute atomic E-state index is 0. The van der Waals surface area contributed by atoms with Crippen LogP contribution >= 0.6 is 24.0 Å². The zero-order chi connectivity index (χ0) is 19.5. The van der Waals surface area contributed by atoms with Gasteiger partial charge in [0.2, 0.25) is 0 Å². The van der Waals surface area contributed by atoms with Gasteiger partial charge in [0.05, 0.1) is 5.69 Å². The van der Waals surface area contributed by atoms with Gasteiger partial charge in [-0.15, -0.1) is 22.6 Å². The van der Waals surface area contributed by atoms with E-state index in [0.717, 1.165) is 23.1 Å². The lowest BCUT2D eigenvalue weighted by atomic mass is 9.89. The highest BCUT2D eigenvalue weighted by atomic mass is 35.5. The molecule has 1 spiro atoms. The van der Waals surface area contributed by atoms with E-state index in [1.807, 2.05) is 19.1 Å². The highest BCUT2D eigenvalue weighted by molar-refractivity contribution is 6.31. The Labute approximate surface area is 182 Å². The fraction of sp³-hybridized carbons (Fsp3) is 0.455. The zero-order valence-corrected chi connectivity index (χ0v) is 18.3. The van der Waals surface area contributed by atoms with Crippen LogP contribution in [0.2, 0.25) is 5.02 Å². The Hall–Kier alpha value is -1.82. The lowest BCUT2D eigenvalue weighted by molar-refractivity contribution is 0.115. The van der Waals surface area contributed by atoms with Crippen molar-refractivity contribution in [2.45, 2.75) is 44.7 Å². The van der Waals surface area contributed by atoms with Crippen LogP contribution in [0.5, 0.6) is 5.75 Å². The van der Waals surface area contributed by atoms with Crippen LogP contribution < -0.4 is 0 Å². The molecule has 1 saturated heterocycles. The maximum atomic E-state index is 10.3. The van der Waals surface area contributed by atoms with Crippen molar-refractivity contribution in [3.63, 3.8) is 0 Å². The molecule has 5 nitrogen and oxygen atoms in total. The van der Waals surface area contributed by atoms with Crippen LogP contribution in [0, 0.1) is 12.8 Å². The topological polar surface area (TPSA) is 54.2 Å². The molecule has 1 N–H and O–H groups in total. The molecule has 1 atom stereocenters. The van der Waals surface area contributed by atoms with Gasteiger partial charge >= 0.3 is 0 Å². The van der Waals surface area contributed by atoms with Crippen LogP contribution in [0.25, 0.3) is 22.3 Å². The van der Waals surface area contributed by atoms with E-state index < -0.39 is 0 Å². The number of piperidine rings is 1. The van der Waals surface area contributed by atoms with Crippen molar-refractivity contribution in [3.8, 4) is 17.0 Å². The summed E-state index contributed by atoms with van der Waals surface area (Å²) in [5.41, 5.74) is 3.65. The van der Waals surface area contributed by atoms with Crippen molar-refractivity contribution in [1.82, 2.24) is 19.7 Å². The number of aromatic hydroxyl groups is 1. The van der Waals surface area contributed by atoms with E-state index in [1.165, 1.54) is 32.2 Å². The molecule has 1 aliphatic carbocycles. The molecule has 2 fully saturated rings. The molecule has 3 heterocycles. The van der Waals surface area contributed by atoms with Crippen molar-refractivity contribution in [1.29, 1.82) is 0 Å². The van der Waals surface area contributed by atoms with Crippen LogP contribution in [0.15, 0.2) is 30.5 Å². The van der Waals surface area contributed by atoms with Gasteiger partial charge in [0, 0.05) is 34.3 Å². The number of likely N-dealkylation sites (tertiary alicyclic amines) is 1. The van der Waals surface area contributed by atoms with Crippen LogP contribution in [0.4, 0.5) is 0 Å². The second-order valence-corrected chi connectivity index (χ2v) is 9.03. The lowest BCUT2D eigenvalue weighted by Gasteiger charge is -2.37. The van der Waals surface area contributed by atoms with Crippen molar-refractivity contribution in [2.24, 2.45) is 5.92 Å². The van der Waals surface area contributed by atoms with Gasteiger partial charge in [-0.3, -0.25) is 0 Å². The number of fused-ring (bicyclic) bond motifs is 1. The molecule has 0 bridgehead atoms. The standard InChI is InChI=1S/C22H25ClN4O.ClH/c1-14-9-17(23)11-19(28)20(14)18-10-16-4-8-27(21(16)25-24-18)13-15-3-7-26(2)22(12-15)5-6-22;/h4,8-11,15,28H,3,5-7,12-13H2,1-2H3;1H. The molecule has 154 valence electrons. The van der Waals surface area contributed by atoms with Crippen molar-refractivity contribution in [3.05, 3.63) is 41.0 Å². The predicted octanol–water partition coefficient (Wildman–Crippen LogP) is 5.06. The highest BCUT2D eigenvalue weighted by Crippen LogP contribution is 2.49. The van der Waals surface area contributed by atoms with Gasteiger partial charge < -0.3 is 14.6 Å². The summed E-state index contributed by atoms with van der Waals surface area (Å²) < 4.78 is 2.24. The molecule has 1 aliphatic heterocycles. The molecule has 0 radical (unpaired) electrons. The first-order valence-corrected chi connectivity index (χ1v) is 10.4. The number of benzene rings is 1. The number of halogens is 2. The summed E-state index contributed by atoms with van der Waals surface area (Å²) in [6.45, 7) is 4.11. The number of phenolic OH excluding ortho intramolecular Hbond substituents is 1. The van der Waals surface area contributed by atoms with Gasteiger partial charge in [-0.1, -0.05) is 11.6 Å². The second kappa shape index (κ2) is 7.46. The number of rotatable bonds is 3. The Morgan fingerprint density at radius 3 is 2.76 bits per heavy atom. The molecule has 0 amide bonds. The molecule has 29 heavy (non-hydrogen) atoms. The summed E-state index contributed by atoms with van der Waals surface area (Å²) in [5.74, 6) is 0.831. The first kappa shape index (κ1) is 20.5. The van der Waals surface area contributed by atoms with Gasteiger partial charge in [-0.2, -0.15) is 0 Å². The molecular weight excluding hydrogens is 407 g/mol. The molecule has 2 aliphatic rings. The molecular formula is C22H26Cl2N4O. The molecule has 5 rings (SSSR count). The second-order valence-electron chi connectivity index (χ2n) is 8.60. The summed E-state index contributed by atoms with van der Waals surface area (Å²) in [7, 11) is 2.27. The van der Waals surface area contributed by atoms with E-state index >= 15 is 0 Å². The largest absolute Gasteiger partial charge is 0.507 e. The number of aryl methyl sites for hydroxylation is 1. The zero-order valence-electron chi connectivity index (χ0n) is 16.7. The maximum absolute atomic E-state index is 10.3. The molecule has 7 heteroatoms. The minimum atomic E-state index is 0. The molecule has 3 aromatic rings. The molecule has 1 saturated carbocycles. The van der Waals surface area contributed by atoms with Crippen molar-refractivity contribution in [2.75, 3.05) is 13.6 Å². The van der Waals surface area contributed by atoms with Gasteiger partial charge in [-0.05, 0) is 81.9 Å². The van der Waals surface area contributed by atoms with Crippen molar-refractivity contribution < 1.29 is 5.11 Å². The van der Waals surface area contributed by atoms with E-state index in [1.54, 1.807) is 6.07 Å². The summed E-state index contributed by atoms with van der Waals surface area (Å²) in [5, 5.41) is 20.8. The number of hydrogen-bond donors (Lipinski definition) is 1. The first-order chi connectivity index (χ1) is 13.4. The summed E-state index contributed by atoms with van der Waals surface area (Å²) >= 11 is 6.03. The van der Waals surface area contributed by atoms with Gasteiger partial charge in [-0.25, -0.2) is 0 Å². The van der Waals surface area contributed by atoms with Crippen molar-refractivity contribution >= 4 is 35.0 Å². The van der Waals surface area contributed by atoms with Crippen LogP contribution in [-0.2, 0) is 6.54 Å². The third-order valence-corrected chi connectivity index (χ3v) is 6.90. The monoisotopic (exact) mass is 432 g/mol. The quantitative estimate of drug-likeness (QED) is 0.627. The number of hydrogen-bond acceptors (Lipinski definition) is 4. The predicted molar refractivity (Wildman–Crippen MR) is 119 cm³/mol. The lowest BCUT2D eigenvalue weighted by Crippen LogP contribution is -2.42. The fourth-order valence-electron chi connectivity index (χ4n) is 4.89. The third kappa shape index (κ3) is 3.60. The Morgan fingerprint density at radius 1 is 1.24 bits per heavy atom. The fourth-order valence-corrected chi connectivity index (χ4v) is 5.15. The van der Waals surface area contributed by atoms with Gasteiger partial charge in [0.15, 0.2) is 5.65 Å². The van der Waals surface area contributed by atoms with Gasteiger partial charge in [0.1, 0.15) is 5.75 Å². The summed E-state index contributed by atoms with van der Waals surface area (Å²) in [4.78, 5) is 2.56. The van der Waals surface area contributed by atoms with E-state index in [9.17, 15) is 5.11 Å². The summed E-state index contributed by atoms with van der Waals surface area (Å²) in [6.07, 6.45) is 7.34. The maximum Gasteiger partial charge on any atom is 0.162 e. The van der Waals surface area contributed by atoms with E-state index in [-0.39, 0.29) is 18.2 Å². The van der Waals surface area contributed by atoms with E-state index in [4.69, 9.17) is 11.6 Å². The normalized spacial score (nSPS) is 20.7.